The number of rotatable bonds is 4. The molecule has 0 spiro atoms. The number of aromatic nitrogens is 1. The molecule has 0 unspecified atom stereocenters. The molecular weight excluding hydrogens is 244 g/mol. The molecule has 0 bridgehead atoms. The van der Waals surface area contributed by atoms with Gasteiger partial charge in [-0.2, -0.15) is 0 Å². The minimum absolute atomic E-state index is 0.0635. The molecule has 0 saturated heterocycles. The standard InChI is InChI=1S/C14H14N2O3/c1-10-4-6-11(7-5-10)9-19-16-14(18)13-12(17)3-2-8-15-13/h2-8,17H,9H2,1H3,(H,16,18). The molecule has 2 aromatic rings. The number of hydrogen-bond acceptors (Lipinski definition) is 4. The van der Waals surface area contributed by atoms with E-state index in [9.17, 15) is 9.90 Å². The van der Waals surface area contributed by atoms with Crippen molar-refractivity contribution in [3.8, 4) is 5.75 Å². The van der Waals surface area contributed by atoms with Crippen LogP contribution < -0.4 is 5.48 Å². The Kier molecular flexibility index (Phi) is 4.10. The van der Waals surface area contributed by atoms with E-state index in [1.54, 1.807) is 6.07 Å². The van der Waals surface area contributed by atoms with Crippen molar-refractivity contribution in [2.45, 2.75) is 13.5 Å². The molecule has 0 saturated carbocycles. The van der Waals surface area contributed by atoms with Gasteiger partial charge in [0.15, 0.2) is 5.69 Å². The van der Waals surface area contributed by atoms with Crippen molar-refractivity contribution >= 4 is 5.91 Å². The minimum atomic E-state index is -0.579. The number of benzene rings is 1. The fourth-order valence-electron chi connectivity index (χ4n) is 1.49. The number of pyridine rings is 1. The lowest BCUT2D eigenvalue weighted by Gasteiger charge is -2.06. The number of carbonyl (C=O) groups excluding carboxylic acids is 1. The molecule has 1 aromatic carbocycles. The van der Waals surface area contributed by atoms with E-state index in [-0.39, 0.29) is 18.1 Å². The van der Waals surface area contributed by atoms with Crippen LogP contribution in [0.25, 0.3) is 0 Å². The molecule has 0 aliphatic heterocycles. The summed E-state index contributed by atoms with van der Waals surface area (Å²) in [6.45, 7) is 2.25. The second-order valence-electron chi connectivity index (χ2n) is 4.08. The van der Waals surface area contributed by atoms with Gasteiger partial charge in [-0.05, 0) is 24.6 Å². The minimum Gasteiger partial charge on any atom is -0.505 e. The van der Waals surface area contributed by atoms with Gasteiger partial charge in [0.05, 0.1) is 6.61 Å². The van der Waals surface area contributed by atoms with Gasteiger partial charge in [-0.3, -0.25) is 9.63 Å². The fourth-order valence-corrected chi connectivity index (χ4v) is 1.49. The topological polar surface area (TPSA) is 71.5 Å². The summed E-state index contributed by atoms with van der Waals surface area (Å²) < 4.78 is 0. The molecule has 2 N–H and O–H groups in total. The van der Waals surface area contributed by atoms with E-state index in [2.05, 4.69) is 10.5 Å². The lowest BCUT2D eigenvalue weighted by molar-refractivity contribution is 0.0227. The molecule has 0 radical (unpaired) electrons. The van der Waals surface area contributed by atoms with Crippen molar-refractivity contribution in [2.75, 3.05) is 0 Å². The molecule has 98 valence electrons. The third-order valence-corrected chi connectivity index (χ3v) is 2.53. The summed E-state index contributed by atoms with van der Waals surface area (Å²) in [5.41, 5.74) is 4.28. The van der Waals surface area contributed by atoms with Crippen LogP contribution in [-0.4, -0.2) is 16.0 Å². The molecule has 0 aliphatic rings. The fraction of sp³-hybridized carbons (Fsp3) is 0.143. The Morgan fingerprint density at radius 2 is 2.05 bits per heavy atom. The monoisotopic (exact) mass is 258 g/mol. The predicted molar refractivity (Wildman–Crippen MR) is 69.3 cm³/mol. The summed E-state index contributed by atoms with van der Waals surface area (Å²) in [7, 11) is 0. The van der Waals surface area contributed by atoms with Gasteiger partial charge in [0.1, 0.15) is 5.75 Å². The molecule has 0 fully saturated rings. The molecule has 1 aromatic heterocycles. The average molecular weight is 258 g/mol. The number of hydrogen-bond donors (Lipinski definition) is 2. The van der Waals surface area contributed by atoms with Crippen LogP contribution in [-0.2, 0) is 11.4 Å². The van der Waals surface area contributed by atoms with E-state index in [1.165, 1.54) is 12.3 Å². The van der Waals surface area contributed by atoms with Gasteiger partial charge in [-0.1, -0.05) is 29.8 Å². The van der Waals surface area contributed by atoms with E-state index < -0.39 is 5.91 Å². The van der Waals surface area contributed by atoms with Gasteiger partial charge in [0.25, 0.3) is 5.91 Å². The zero-order valence-electron chi connectivity index (χ0n) is 10.5. The number of aromatic hydroxyl groups is 1. The van der Waals surface area contributed by atoms with Crippen LogP contribution in [0.3, 0.4) is 0 Å². The van der Waals surface area contributed by atoms with Crippen LogP contribution >= 0.6 is 0 Å². The number of carbonyl (C=O) groups is 1. The quantitative estimate of drug-likeness (QED) is 0.822. The number of hydroxylamine groups is 1. The Morgan fingerprint density at radius 3 is 2.74 bits per heavy atom. The Labute approximate surface area is 110 Å². The third-order valence-electron chi connectivity index (χ3n) is 2.53. The Morgan fingerprint density at radius 1 is 1.32 bits per heavy atom. The molecule has 1 amide bonds. The summed E-state index contributed by atoms with van der Waals surface area (Å²) >= 11 is 0. The smallest absolute Gasteiger partial charge is 0.297 e. The first kappa shape index (κ1) is 13.0. The summed E-state index contributed by atoms with van der Waals surface area (Å²) in [5.74, 6) is -0.760. The molecule has 19 heavy (non-hydrogen) atoms. The molecule has 1 heterocycles. The highest BCUT2D eigenvalue weighted by molar-refractivity contribution is 5.93. The zero-order chi connectivity index (χ0) is 13.7. The van der Waals surface area contributed by atoms with Crippen LogP contribution in [0.15, 0.2) is 42.6 Å². The van der Waals surface area contributed by atoms with Gasteiger partial charge in [-0.15, -0.1) is 0 Å². The SMILES string of the molecule is Cc1ccc(CONC(=O)c2ncccc2O)cc1. The Bertz CT molecular complexity index is 567. The largest absolute Gasteiger partial charge is 0.505 e. The molecule has 0 aliphatic carbocycles. The van der Waals surface area contributed by atoms with Gasteiger partial charge < -0.3 is 5.11 Å². The lowest BCUT2D eigenvalue weighted by Crippen LogP contribution is -2.24. The Hall–Kier alpha value is -2.40. The second-order valence-corrected chi connectivity index (χ2v) is 4.08. The zero-order valence-corrected chi connectivity index (χ0v) is 10.5. The summed E-state index contributed by atoms with van der Waals surface area (Å²) in [6, 6.07) is 10.7. The molecule has 5 nitrogen and oxygen atoms in total. The van der Waals surface area contributed by atoms with Crippen LogP contribution in [0, 0.1) is 6.92 Å². The molecular formula is C14H14N2O3. The molecule has 2 rings (SSSR count). The van der Waals surface area contributed by atoms with Crippen molar-refractivity contribution in [3.05, 3.63) is 59.4 Å². The van der Waals surface area contributed by atoms with Crippen molar-refractivity contribution in [1.82, 2.24) is 10.5 Å². The first-order valence-corrected chi connectivity index (χ1v) is 5.78. The number of nitrogens with zero attached hydrogens (tertiary/aromatic N) is 1. The third kappa shape index (κ3) is 3.53. The highest BCUT2D eigenvalue weighted by atomic mass is 16.6. The van der Waals surface area contributed by atoms with Crippen LogP contribution in [0.5, 0.6) is 5.75 Å². The van der Waals surface area contributed by atoms with Gasteiger partial charge in [-0.25, -0.2) is 10.5 Å². The molecule has 0 atom stereocenters. The van der Waals surface area contributed by atoms with E-state index >= 15 is 0 Å². The maximum absolute atomic E-state index is 11.7. The van der Waals surface area contributed by atoms with E-state index in [0.717, 1.165) is 11.1 Å². The Balaban J connectivity index is 1.88. The van der Waals surface area contributed by atoms with Crippen molar-refractivity contribution in [3.63, 3.8) is 0 Å². The number of amides is 1. The van der Waals surface area contributed by atoms with E-state index in [4.69, 9.17) is 4.84 Å². The number of nitrogens with one attached hydrogen (secondary N) is 1. The lowest BCUT2D eigenvalue weighted by atomic mass is 10.2. The maximum Gasteiger partial charge on any atom is 0.297 e. The average Bonchev–Trinajstić information content (AvgIpc) is 2.41. The normalized spacial score (nSPS) is 10.2. The first-order valence-electron chi connectivity index (χ1n) is 5.78. The first-order chi connectivity index (χ1) is 9.16. The summed E-state index contributed by atoms with van der Waals surface area (Å²) in [5, 5.41) is 9.45. The highest BCUT2D eigenvalue weighted by Crippen LogP contribution is 2.12. The van der Waals surface area contributed by atoms with Crippen LogP contribution in [0.1, 0.15) is 21.6 Å². The van der Waals surface area contributed by atoms with Crippen molar-refractivity contribution in [1.29, 1.82) is 0 Å². The summed E-state index contributed by atoms with van der Waals surface area (Å²) in [4.78, 5) is 20.5. The van der Waals surface area contributed by atoms with Crippen molar-refractivity contribution < 1.29 is 14.7 Å². The predicted octanol–water partition coefficient (Wildman–Crippen LogP) is 1.96. The second kappa shape index (κ2) is 5.97. The van der Waals surface area contributed by atoms with Gasteiger partial charge >= 0.3 is 0 Å². The van der Waals surface area contributed by atoms with E-state index in [0.29, 0.717) is 0 Å². The van der Waals surface area contributed by atoms with Crippen LogP contribution in [0.4, 0.5) is 0 Å². The molecule has 5 heteroatoms. The highest BCUT2D eigenvalue weighted by Gasteiger charge is 2.11. The maximum atomic E-state index is 11.7. The van der Waals surface area contributed by atoms with Gasteiger partial charge in [0, 0.05) is 6.20 Å². The number of aryl methyl sites for hydroxylation is 1. The van der Waals surface area contributed by atoms with Gasteiger partial charge in [0.2, 0.25) is 0 Å². The van der Waals surface area contributed by atoms with Crippen LogP contribution in [0.2, 0.25) is 0 Å². The van der Waals surface area contributed by atoms with Crippen molar-refractivity contribution in [2.24, 2.45) is 0 Å². The van der Waals surface area contributed by atoms with E-state index in [1.807, 2.05) is 31.2 Å². The summed E-state index contributed by atoms with van der Waals surface area (Å²) in [6.07, 6.45) is 1.43.